The van der Waals surface area contributed by atoms with Crippen LogP contribution in [-0.2, 0) is 9.53 Å². The van der Waals surface area contributed by atoms with E-state index in [9.17, 15) is 4.79 Å². The summed E-state index contributed by atoms with van der Waals surface area (Å²) in [5.41, 5.74) is 1.53. The molecule has 1 aromatic rings. The molecule has 1 saturated heterocycles. The topological polar surface area (TPSA) is 38.3 Å². The Hall–Kier alpha value is -1.35. The third-order valence-electron chi connectivity index (χ3n) is 3.79. The maximum Gasteiger partial charge on any atom is 0.326 e. The summed E-state index contributed by atoms with van der Waals surface area (Å²) in [5.74, 6) is 0.215. The molecule has 0 aliphatic carbocycles. The van der Waals surface area contributed by atoms with E-state index in [0.717, 1.165) is 13.0 Å². The van der Waals surface area contributed by atoms with Gasteiger partial charge in [-0.05, 0) is 52.5 Å². The van der Waals surface area contributed by atoms with Crippen LogP contribution >= 0.6 is 0 Å². The molecular weight excluding hydrogens is 250 g/mol. The lowest BCUT2D eigenvalue weighted by molar-refractivity contribution is -0.161. The van der Waals surface area contributed by atoms with Gasteiger partial charge in [0.05, 0.1) is 0 Å². The van der Waals surface area contributed by atoms with Gasteiger partial charge in [-0.15, -0.1) is 0 Å². The average Bonchev–Trinajstić information content (AvgIpc) is 2.72. The third kappa shape index (κ3) is 3.40. The quantitative estimate of drug-likeness (QED) is 0.843. The first-order chi connectivity index (χ1) is 9.20. The number of nitrogens with one attached hydrogen (secondary N) is 1. The molecule has 3 nitrogen and oxygen atoms in total. The fraction of sp³-hybridized carbons (Fsp3) is 0.588. The molecule has 0 saturated carbocycles. The predicted octanol–water partition coefficient (Wildman–Crippen LogP) is 3.17. The minimum Gasteiger partial charge on any atom is -0.459 e. The van der Waals surface area contributed by atoms with Crippen molar-refractivity contribution in [3.05, 3.63) is 35.4 Å². The van der Waals surface area contributed by atoms with Gasteiger partial charge in [0.15, 0.2) is 0 Å². The lowest BCUT2D eigenvalue weighted by atomic mass is 9.89. The number of carbonyl (C=O) groups excluding carboxylic acids is 1. The highest BCUT2D eigenvalue weighted by Gasteiger charge is 2.43. The van der Waals surface area contributed by atoms with Crippen molar-refractivity contribution in [2.24, 2.45) is 0 Å². The van der Waals surface area contributed by atoms with Crippen LogP contribution in [0.2, 0.25) is 0 Å². The Bertz CT molecular complexity index is 487. The van der Waals surface area contributed by atoms with Crippen LogP contribution in [0, 0.1) is 6.92 Å². The van der Waals surface area contributed by atoms with Gasteiger partial charge >= 0.3 is 5.97 Å². The minimum atomic E-state index is -0.581. The minimum absolute atomic E-state index is 0.153. The van der Waals surface area contributed by atoms with Crippen molar-refractivity contribution in [2.75, 3.05) is 6.54 Å². The SMILES string of the molecule is Cc1ccc(C2CNC(C)(C(=O)OC(C)(C)C)C2)cc1. The van der Waals surface area contributed by atoms with E-state index in [1.165, 1.54) is 11.1 Å². The lowest BCUT2D eigenvalue weighted by Gasteiger charge is -2.28. The fourth-order valence-electron chi connectivity index (χ4n) is 2.61. The Morgan fingerprint density at radius 2 is 1.90 bits per heavy atom. The summed E-state index contributed by atoms with van der Waals surface area (Å²) in [4.78, 5) is 12.3. The molecule has 1 aliphatic rings. The first-order valence-corrected chi connectivity index (χ1v) is 7.25. The smallest absolute Gasteiger partial charge is 0.326 e. The number of aryl methyl sites for hydroxylation is 1. The fourth-order valence-corrected chi connectivity index (χ4v) is 2.61. The van der Waals surface area contributed by atoms with Gasteiger partial charge in [0.1, 0.15) is 11.1 Å². The number of rotatable bonds is 2. The van der Waals surface area contributed by atoms with Gasteiger partial charge in [0.2, 0.25) is 0 Å². The zero-order chi connectivity index (χ0) is 15.0. The van der Waals surface area contributed by atoms with Crippen LogP contribution in [0.4, 0.5) is 0 Å². The van der Waals surface area contributed by atoms with Gasteiger partial charge < -0.3 is 10.1 Å². The Morgan fingerprint density at radius 1 is 1.30 bits per heavy atom. The van der Waals surface area contributed by atoms with E-state index in [1.54, 1.807) is 0 Å². The highest BCUT2D eigenvalue weighted by atomic mass is 16.6. The molecule has 2 atom stereocenters. The molecule has 0 spiro atoms. The Balaban J connectivity index is 2.07. The molecule has 0 aromatic heterocycles. The van der Waals surface area contributed by atoms with Crippen molar-refractivity contribution in [1.82, 2.24) is 5.32 Å². The molecule has 110 valence electrons. The molecule has 1 heterocycles. The molecule has 1 aliphatic heterocycles. The van der Waals surface area contributed by atoms with Crippen LogP contribution in [0.25, 0.3) is 0 Å². The van der Waals surface area contributed by atoms with Crippen LogP contribution in [0.3, 0.4) is 0 Å². The summed E-state index contributed by atoms with van der Waals surface area (Å²) in [6, 6.07) is 8.56. The number of esters is 1. The molecule has 0 radical (unpaired) electrons. The molecular formula is C17H25NO2. The van der Waals surface area contributed by atoms with E-state index >= 15 is 0 Å². The van der Waals surface area contributed by atoms with Crippen LogP contribution < -0.4 is 5.32 Å². The lowest BCUT2D eigenvalue weighted by Crippen LogP contribution is -2.48. The molecule has 0 bridgehead atoms. The molecule has 1 aromatic carbocycles. The van der Waals surface area contributed by atoms with Crippen LogP contribution in [0.5, 0.6) is 0 Å². The summed E-state index contributed by atoms with van der Waals surface area (Å²) >= 11 is 0. The second-order valence-electron chi connectivity index (χ2n) is 7.03. The molecule has 2 unspecified atom stereocenters. The number of carbonyl (C=O) groups is 1. The van der Waals surface area contributed by atoms with E-state index in [4.69, 9.17) is 4.74 Å². The molecule has 2 rings (SSSR count). The second-order valence-corrected chi connectivity index (χ2v) is 7.03. The number of benzene rings is 1. The predicted molar refractivity (Wildman–Crippen MR) is 80.8 cm³/mol. The van der Waals surface area contributed by atoms with E-state index < -0.39 is 11.1 Å². The Kier molecular flexibility index (Phi) is 3.92. The molecule has 20 heavy (non-hydrogen) atoms. The Labute approximate surface area is 121 Å². The standard InChI is InChI=1S/C17H25NO2/c1-12-6-8-13(9-7-12)14-10-17(5,18-11-14)15(19)20-16(2,3)4/h6-9,14,18H,10-11H2,1-5H3. The number of ether oxygens (including phenoxy) is 1. The summed E-state index contributed by atoms with van der Waals surface area (Å²) in [6.07, 6.45) is 0.783. The van der Waals surface area contributed by atoms with Gasteiger partial charge in [-0.2, -0.15) is 0 Å². The second kappa shape index (κ2) is 5.21. The maximum absolute atomic E-state index is 12.3. The molecule has 1 N–H and O–H groups in total. The van der Waals surface area contributed by atoms with Crippen molar-refractivity contribution in [3.8, 4) is 0 Å². The zero-order valence-electron chi connectivity index (χ0n) is 13.1. The number of hydrogen-bond acceptors (Lipinski definition) is 3. The van der Waals surface area contributed by atoms with Gasteiger partial charge in [0, 0.05) is 6.54 Å². The summed E-state index contributed by atoms with van der Waals surface area (Å²) < 4.78 is 5.53. The van der Waals surface area contributed by atoms with Gasteiger partial charge in [-0.3, -0.25) is 4.79 Å². The van der Waals surface area contributed by atoms with Crippen molar-refractivity contribution < 1.29 is 9.53 Å². The van der Waals surface area contributed by atoms with Crippen LogP contribution in [0.1, 0.15) is 51.2 Å². The maximum atomic E-state index is 12.3. The van der Waals surface area contributed by atoms with Gasteiger partial charge in [-0.25, -0.2) is 0 Å². The molecule has 1 fully saturated rings. The number of hydrogen-bond donors (Lipinski definition) is 1. The van der Waals surface area contributed by atoms with E-state index in [-0.39, 0.29) is 5.97 Å². The van der Waals surface area contributed by atoms with Crippen LogP contribution in [-0.4, -0.2) is 23.7 Å². The average molecular weight is 275 g/mol. The van der Waals surface area contributed by atoms with E-state index in [2.05, 4.69) is 36.5 Å². The van der Waals surface area contributed by atoms with Crippen LogP contribution in [0.15, 0.2) is 24.3 Å². The van der Waals surface area contributed by atoms with Crippen molar-refractivity contribution >= 4 is 5.97 Å². The largest absolute Gasteiger partial charge is 0.459 e. The molecule has 0 amide bonds. The molecule has 3 heteroatoms. The zero-order valence-corrected chi connectivity index (χ0v) is 13.1. The van der Waals surface area contributed by atoms with E-state index in [1.807, 2.05) is 27.7 Å². The highest BCUT2D eigenvalue weighted by molar-refractivity contribution is 5.81. The summed E-state index contributed by atoms with van der Waals surface area (Å²) in [6.45, 7) is 10.6. The first-order valence-electron chi connectivity index (χ1n) is 7.25. The van der Waals surface area contributed by atoms with Gasteiger partial charge in [-0.1, -0.05) is 29.8 Å². The first kappa shape index (κ1) is 15.0. The monoisotopic (exact) mass is 275 g/mol. The van der Waals surface area contributed by atoms with Crippen molar-refractivity contribution in [2.45, 2.75) is 58.1 Å². The highest BCUT2D eigenvalue weighted by Crippen LogP contribution is 2.33. The normalized spacial score (nSPS) is 26.6. The summed E-state index contributed by atoms with van der Waals surface area (Å²) in [5, 5.41) is 3.34. The summed E-state index contributed by atoms with van der Waals surface area (Å²) in [7, 11) is 0. The van der Waals surface area contributed by atoms with Gasteiger partial charge in [0.25, 0.3) is 0 Å². The van der Waals surface area contributed by atoms with E-state index in [0.29, 0.717) is 5.92 Å². The van der Waals surface area contributed by atoms with Crippen molar-refractivity contribution in [1.29, 1.82) is 0 Å². The Morgan fingerprint density at radius 3 is 2.45 bits per heavy atom. The van der Waals surface area contributed by atoms with Crippen molar-refractivity contribution in [3.63, 3.8) is 0 Å². The third-order valence-corrected chi connectivity index (χ3v) is 3.79.